The lowest BCUT2D eigenvalue weighted by molar-refractivity contribution is 0.0691. The maximum absolute atomic E-state index is 11.7. The van der Waals surface area contributed by atoms with Gasteiger partial charge in [-0.1, -0.05) is 65.2 Å². The lowest BCUT2D eigenvalue weighted by Gasteiger charge is -2.18. The number of carbonyl (C=O) groups is 1. The Morgan fingerprint density at radius 1 is 0.769 bits per heavy atom. The molecule has 1 aromatic rings. The number of hydrogen-bond acceptors (Lipinski definition) is 3. The molecule has 0 heterocycles. The van der Waals surface area contributed by atoms with Crippen LogP contribution in [0.3, 0.4) is 0 Å². The lowest BCUT2D eigenvalue weighted by atomic mass is 9.91. The van der Waals surface area contributed by atoms with Crippen LogP contribution in [-0.4, -0.2) is 21.3 Å². The molecule has 0 fully saturated rings. The van der Waals surface area contributed by atoms with E-state index in [4.69, 9.17) is 0 Å². The summed E-state index contributed by atoms with van der Waals surface area (Å²) in [5.41, 5.74) is 1.51. The Labute approximate surface area is 171 Å². The van der Waals surface area contributed by atoms with Crippen molar-refractivity contribution in [2.45, 2.75) is 90.9 Å². The summed E-state index contributed by atoms with van der Waals surface area (Å²) in [6.45, 7) is 4.34. The Hall–Kier alpha value is -0.980. The number of carboxylic acids is 1. The summed E-state index contributed by atoms with van der Waals surface area (Å²) in [5, 5.41) is 30.0. The van der Waals surface area contributed by atoms with Crippen molar-refractivity contribution in [3.8, 4) is 11.5 Å². The van der Waals surface area contributed by atoms with Gasteiger partial charge in [-0.2, -0.15) is 0 Å². The number of halogens is 1. The van der Waals surface area contributed by atoms with Crippen LogP contribution < -0.4 is 0 Å². The smallest absolute Gasteiger partial charge is 0.339 e. The van der Waals surface area contributed by atoms with Gasteiger partial charge in [0.1, 0.15) is 5.56 Å². The lowest BCUT2D eigenvalue weighted by Crippen LogP contribution is -2.09. The van der Waals surface area contributed by atoms with E-state index in [9.17, 15) is 20.1 Å². The minimum absolute atomic E-state index is 0.109. The summed E-state index contributed by atoms with van der Waals surface area (Å²) in [6.07, 6.45) is 12.5. The number of phenolic OH excluding ortho intramolecular Hbond substituents is 1. The van der Waals surface area contributed by atoms with Crippen molar-refractivity contribution in [3.63, 3.8) is 0 Å². The Morgan fingerprint density at radius 3 is 1.69 bits per heavy atom. The molecular weight excluding hydrogens is 443 g/mol. The number of rotatable bonds is 13. The third-order valence-electron chi connectivity index (χ3n) is 4.87. The van der Waals surface area contributed by atoms with Gasteiger partial charge in [-0.25, -0.2) is 4.79 Å². The number of benzene rings is 1. The van der Waals surface area contributed by atoms with Gasteiger partial charge in [0.15, 0.2) is 11.5 Å². The molecule has 0 saturated carbocycles. The van der Waals surface area contributed by atoms with E-state index in [0.29, 0.717) is 15.6 Å². The van der Waals surface area contributed by atoms with Crippen molar-refractivity contribution in [1.82, 2.24) is 0 Å². The summed E-state index contributed by atoms with van der Waals surface area (Å²) in [6, 6.07) is 0. The van der Waals surface area contributed by atoms with E-state index < -0.39 is 11.7 Å². The maximum Gasteiger partial charge on any atom is 0.339 e. The zero-order chi connectivity index (χ0) is 19.5. The molecule has 26 heavy (non-hydrogen) atoms. The minimum Gasteiger partial charge on any atom is -0.504 e. The van der Waals surface area contributed by atoms with Gasteiger partial charge in [-0.15, -0.1) is 0 Å². The van der Waals surface area contributed by atoms with Crippen LogP contribution in [0.15, 0.2) is 0 Å². The largest absolute Gasteiger partial charge is 0.504 e. The number of phenols is 2. The van der Waals surface area contributed by atoms with E-state index in [1.165, 1.54) is 32.1 Å². The number of aromatic hydroxyl groups is 2. The molecule has 4 nitrogen and oxygen atoms in total. The van der Waals surface area contributed by atoms with E-state index in [1.807, 2.05) is 22.6 Å². The molecule has 0 aliphatic rings. The highest BCUT2D eigenvalue weighted by Crippen LogP contribution is 2.40. The molecule has 0 atom stereocenters. The molecule has 0 aromatic heterocycles. The first-order chi connectivity index (χ1) is 12.5. The van der Waals surface area contributed by atoms with Crippen LogP contribution in [-0.2, 0) is 12.8 Å². The van der Waals surface area contributed by atoms with Gasteiger partial charge < -0.3 is 15.3 Å². The first kappa shape index (κ1) is 23.1. The fraction of sp³-hybridized carbons (Fsp3) is 0.667. The van der Waals surface area contributed by atoms with Crippen molar-refractivity contribution in [2.75, 3.05) is 0 Å². The van der Waals surface area contributed by atoms with Crippen LogP contribution in [0.25, 0.3) is 0 Å². The highest BCUT2D eigenvalue weighted by molar-refractivity contribution is 14.1. The van der Waals surface area contributed by atoms with Gasteiger partial charge >= 0.3 is 5.97 Å². The second-order valence-electron chi connectivity index (χ2n) is 6.98. The highest BCUT2D eigenvalue weighted by Gasteiger charge is 2.25. The minimum atomic E-state index is -1.16. The van der Waals surface area contributed by atoms with Gasteiger partial charge in [-0.3, -0.25) is 0 Å². The Bertz CT molecular complexity index is 584. The molecule has 0 radical (unpaired) electrons. The summed E-state index contributed by atoms with van der Waals surface area (Å²) in [4.78, 5) is 11.7. The molecule has 0 saturated heterocycles. The normalized spacial score (nSPS) is 11.0. The van der Waals surface area contributed by atoms with Crippen molar-refractivity contribution >= 4 is 28.6 Å². The maximum atomic E-state index is 11.7. The zero-order valence-electron chi connectivity index (χ0n) is 16.1. The van der Waals surface area contributed by atoms with Crippen LogP contribution in [0.5, 0.6) is 11.5 Å². The topological polar surface area (TPSA) is 77.8 Å². The predicted molar refractivity (Wildman–Crippen MR) is 114 cm³/mol. The number of hydrogen-bond donors (Lipinski definition) is 3. The van der Waals surface area contributed by atoms with E-state index in [2.05, 4.69) is 13.8 Å². The molecule has 0 unspecified atom stereocenters. The molecule has 0 aliphatic heterocycles. The fourth-order valence-electron chi connectivity index (χ4n) is 3.37. The number of aromatic carboxylic acids is 1. The van der Waals surface area contributed by atoms with E-state index in [-0.39, 0.29) is 11.3 Å². The van der Waals surface area contributed by atoms with E-state index >= 15 is 0 Å². The fourth-order valence-corrected chi connectivity index (χ4v) is 4.22. The third-order valence-corrected chi connectivity index (χ3v) is 6.04. The standard InChI is InChI=1S/C21H33IO4/c1-3-5-7-9-11-13-15-16(14-12-10-8-6-4-2)18(22)20(24)19(23)17(15)21(25)26/h23-24H,3-14H2,1-2H3,(H,25,26). The average Bonchev–Trinajstić information content (AvgIpc) is 2.61. The van der Waals surface area contributed by atoms with Gasteiger partial charge in [0, 0.05) is 0 Å². The van der Waals surface area contributed by atoms with E-state index in [0.717, 1.165) is 44.1 Å². The first-order valence-electron chi connectivity index (χ1n) is 9.94. The zero-order valence-corrected chi connectivity index (χ0v) is 18.3. The first-order valence-corrected chi connectivity index (χ1v) is 11.0. The van der Waals surface area contributed by atoms with Gasteiger partial charge in [0.25, 0.3) is 0 Å². The van der Waals surface area contributed by atoms with E-state index in [1.54, 1.807) is 0 Å². The van der Waals surface area contributed by atoms with Gasteiger partial charge in [-0.05, 0) is 59.4 Å². The quantitative estimate of drug-likeness (QED) is 0.174. The summed E-state index contributed by atoms with van der Waals surface area (Å²) in [7, 11) is 0. The van der Waals surface area contributed by atoms with Crippen LogP contribution in [0.4, 0.5) is 0 Å². The highest BCUT2D eigenvalue weighted by atomic mass is 127. The van der Waals surface area contributed by atoms with Crippen molar-refractivity contribution in [2.24, 2.45) is 0 Å². The predicted octanol–water partition coefficient (Wildman–Crippen LogP) is 6.43. The number of unbranched alkanes of at least 4 members (excludes halogenated alkanes) is 8. The molecule has 0 bridgehead atoms. The van der Waals surface area contributed by atoms with Crippen molar-refractivity contribution in [3.05, 3.63) is 20.3 Å². The summed E-state index contributed by atoms with van der Waals surface area (Å²) >= 11 is 2.04. The monoisotopic (exact) mass is 476 g/mol. The molecule has 148 valence electrons. The SMILES string of the molecule is CCCCCCCc1c(I)c(O)c(O)c(C(=O)O)c1CCCCCCC. The Balaban J connectivity index is 3.04. The van der Waals surface area contributed by atoms with Crippen LogP contribution >= 0.6 is 22.6 Å². The van der Waals surface area contributed by atoms with Crippen molar-refractivity contribution < 1.29 is 20.1 Å². The molecule has 0 aliphatic carbocycles. The van der Waals surface area contributed by atoms with Crippen molar-refractivity contribution in [1.29, 1.82) is 0 Å². The Morgan fingerprint density at radius 2 is 1.23 bits per heavy atom. The third kappa shape index (κ3) is 6.63. The molecule has 5 heteroatoms. The molecule has 0 amide bonds. The summed E-state index contributed by atoms with van der Waals surface area (Å²) in [5.74, 6) is -1.94. The molecule has 3 N–H and O–H groups in total. The average molecular weight is 476 g/mol. The van der Waals surface area contributed by atoms with Crippen LogP contribution in [0.1, 0.15) is 99.5 Å². The van der Waals surface area contributed by atoms with Gasteiger partial charge in [0.05, 0.1) is 3.57 Å². The molecule has 1 rings (SSSR count). The van der Waals surface area contributed by atoms with Crippen LogP contribution in [0, 0.1) is 3.57 Å². The second kappa shape index (κ2) is 12.4. The number of carboxylic acid groups (broad SMARTS) is 1. The molecule has 1 aromatic carbocycles. The van der Waals surface area contributed by atoms with Gasteiger partial charge in [0.2, 0.25) is 0 Å². The molecule has 0 spiro atoms. The Kier molecular flexibility index (Phi) is 11.0. The summed E-state index contributed by atoms with van der Waals surface area (Å²) < 4.78 is 0.601. The molecular formula is C21H33IO4. The second-order valence-corrected chi connectivity index (χ2v) is 8.06. The van der Waals surface area contributed by atoms with Crippen LogP contribution in [0.2, 0.25) is 0 Å².